The zero-order chi connectivity index (χ0) is 71.1. The van der Waals surface area contributed by atoms with Crippen LogP contribution in [0, 0.1) is 0 Å². The molecule has 0 aliphatic rings. The highest BCUT2D eigenvalue weighted by Crippen LogP contribution is 2.64. The summed E-state index contributed by atoms with van der Waals surface area (Å²) in [4.78, 5) is -18.3. The third-order valence-electron chi connectivity index (χ3n) is 8.53. The number of hydrogen-bond acceptors (Lipinski definition) is 9. The van der Waals surface area contributed by atoms with Crippen LogP contribution in [0.1, 0.15) is 17.5 Å². The first-order valence-corrected chi connectivity index (χ1v) is 22.7. The SMILES string of the molecule is FC(F)(F)C(F)(OC(F)(F)C(F)(F)c1nc(C(F)(F)C(F)(F)OC(F)(F)C(F)(OC(F)(Br)C(F)(F)C(F)(F)Br)C(F)(F)F)nc(C(F)(F)C(F)(F)OC(F)(C(F)(F)F)C(F)(F)OC(F)(Br)C(F)(F)C(F)(F)Br)n1)C(F)(F)OC(F)(Br)C(F)(F)C(F)(F)Br. The second kappa shape index (κ2) is 22.9. The average molecular weight is 1800 g/mol. The summed E-state index contributed by atoms with van der Waals surface area (Å²) < 4.78 is 630. The number of rotatable bonds is 27. The minimum atomic E-state index is -9.09. The Hall–Kier alpha value is -1.50. The van der Waals surface area contributed by atoms with Crippen LogP contribution < -0.4 is 0 Å². The number of aromatic nitrogens is 3. The van der Waals surface area contributed by atoms with Gasteiger partial charge < -0.3 is 0 Å². The molecule has 1 rings (SSSR count). The topological polar surface area (TPSA) is 94.1 Å². The summed E-state index contributed by atoms with van der Waals surface area (Å²) in [5.74, 6) is -92.1. The van der Waals surface area contributed by atoms with E-state index in [1.54, 1.807) is 14.2 Å². The number of ether oxygens (including phenoxy) is 6. The van der Waals surface area contributed by atoms with E-state index in [4.69, 9.17) is 0 Å². The van der Waals surface area contributed by atoms with Crippen LogP contribution in [-0.2, 0) is 46.2 Å². The highest BCUT2D eigenvalue weighted by atomic mass is 79.9. The molecule has 1 heterocycles. The molecule has 516 valence electrons. The number of nitrogens with zero attached hydrogens (tertiary/aromatic N) is 3. The van der Waals surface area contributed by atoms with Crippen molar-refractivity contribution in [2.45, 2.75) is 137 Å². The molecule has 0 N–H and O–H groups in total. The number of alkyl halides is 51. The molecule has 1 aromatic rings. The van der Waals surface area contributed by atoms with Crippen LogP contribution in [0.3, 0.4) is 0 Å². The molecule has 0 aromatic carbocycles. The van der Waals surface area contributed by atoms with Crippen molar-refractivity contribution in [3.05, 3.63) is 17.5 Å². The van der Waals surface area contributed by atoms with Gasteiger partial charge in [0.2, 0.25) is 17.5 Å². The Balaban J connectivity index is 4.84. The quantitative estimate of drug-likeness (QED) is 0.0630. The van der Waals surface area contributed by atoms with Crippen LogP contribution in [0.2, 0.25) is 0 Å². The third-order valence-corrected chi connectivity index (χ3v) is 12.0. The van der Waals surface area contributed by atoms with E-state index >= 15 is 52.7 Å². The number of halogens is 51. The predicted octanol–water partition coefficient (Wildman–Crippen LogP) is 18.4. The second-order valence-electron chi connectivity index (χ2n) is 14.8. The van der Waals surface area contributed by atoms with Crippen molar-refractivity contribution in [2.75, 3.05) is 0 Å². The molecule has 0 saturated carbocycles. The van der Waals surface area contributed by atoms with E-state index in [1.165, 1.54) is 14.2 Å². The molecule has 0 radical (unpaired) electrons. The van der Waals surface area contributed by atoms with Gasteiger partial charge in [-0.25, -0.2) is 19.7 Å². The largest absolute Gasteiger partial charge is 0.458 e. The fourth-order valence-corrected chi connectivity index (χ4v) is 7.06. The Morgan fingerprint density at radius 2 is 0.368 bits per heavy atom. The fourth-order valence-electron chi connectivity index (χ4n) is 4.12. The van der Waals surface area contributed by atoms with Crippen molar-refractivity contribution in [3.8, 4) is 0 Å². The van der Waals surface area contributed by atoms with Crippen molar-refractivity contribution in [1.82, 2.24) is 15.0 Å². The molecule has 6 unspecified atom stereocenters. The summed E-state index contributed by atoms with van der Waals surface area (Å²) >= 11 is 1.76. The summed E-state index contributed by atoms with van der Waals surface area (Å²) in [7, 11) is 0. The normalized spacial score (nSPS) is 20.0. The van der Waals surface area contributed by atoms with Crippen molar-refractivity contribution in [3.63, 3.8) is 0 Å². The average Bonchev–Trinajstić information content (AvgIpc) is 3.21. The zero-order valence-corrected chi connectivity index (χ0v) is 46.1. The smallest absolute Gasteiger partial charge is 0.280 e. The maximum absolute atomic E-state index is 15.4. The van der Waals surface area contributed by atoms with Crippen molar-refractivity contribution >= 4 is 95.6 Å². The van der Waals surface area contributed by atoms with E-state index in [0.29, 0.717) is 62.7 Å². The Labute approximate surface area is 489 Å². The van der Waals surface area contributed by atoms with Crippen LogP contribution in [0.5, 0.6) is 0 Å². The summed E-state index contributed by atoms with van der Waals surface area (Å²) in [6, 6.07) is 0. The van der Waals surface area contributed by atoms with Gasteiger partial charge >= 0.3 is 137 Å². The first kappa shape index (κ1) is 83.5. The maximum atomic E-state index is 15.4. The monoisotopic (exact) mass is 1790 g/mol. The molecule has 6 atom stereocenters. The molecule has 0 spiro atoms. The Kier molecular flexibility index (Phi) is 22.0. The molecule has 9 nitrogen and oxygen atoms in total. The van der Waals surface area contributed by atoms with Crippen LogP contribution in [-0.4, -0.2) is 134 Å². The lowest BCUT2D eigenvalue weighted by Crippen LogP contribution is -2.66. The molecule has 0 bridgehead atoms. The van der Waals surface area contributed by atoms with Gasteiger partial charge in [0.15, 0.2) is 0 Å². The van der Waals surface area contributed by atoms with Crippen molar-refractivity contribution in [2.24, 2.45) is 0 Å². The highest BCUT2D eigenvalue weighted by Gasteiger charge is 2.88. The predicted molar refractivity (Wildman–Crippen MR) is 192 cm³/mol. The molecule has 60 heteroatoms. The molecular weight excluding hydrogens is 1800 g/mol. The van der Waals surface area contributed by atoms with Crippen molar-refractivity contribution in [1.29, 1.82) is 0 Å². The van der Waals surface area contributed by atoms with E-state index < -0.39 is 155 Å². The lowest BCUT2D eigenvalue weighted by Gasteiger charge is -2.41. The summed E-state index contributed by atoms with van der Waals surface area (Å²) in [5, 5.41) is 0. The lowest BCUT2D eigenvalue weighted by atomic mass is 10.2. The molecule has 0 fully saturated rings. The number of hydrogen-bond donors (Lipinski definition) is 0. The molecule has 0 aliphatic carbocycles. The van der Waals surface area contributed by atoms with E-state index in [1.807, 2.05) is 0 Å². The van der Waals surface area contributed by atoms with Gasteiger partial charge in [-0.15, -0.1) is 0 Å². The van der Waals surface area contributed by atoms with Crippen molar-refractivity contribution < 1.29 is 226 Å². The Morgan fingerprint density at radius 3 is 0.552 bits per heavy atom. The maximum Gasteiger partial charge on any atom is 0.458 e. The first-order valence-electron chi connectivity index (χ1n) is 17.9. The minimum absolute atomic E-state index is 0.185. The van der Waals surface area contributed by atoms with Gasteiger partial charge in [0, 0.05) is 0 Å². The van der Waals surface area contributed by atoms with Gasteiger partial charge in [0.25, 0.3) is 0 Å². The van der Waals surface area contributed by atoms with Crippen LogP contribution >= 0.6 is 95.6 Å². The summed E-state index contributed by atoms with van der Waals surface area (Å²) in [6.45, 7) is 0. The van der Waals surface area contributed by atoms with Gasteiger partial charge in [0.05, 0.1) is 0 Å². The standard InChI is InChI=1S/C27Br6F45N3O6/c28-13(49,50)7(40,41)16(31,55)82-10(46,19(58,59)60)27(77,78)87-24(71,72)6(38,39)3-80-1(4(34,35)22(67,68)83-11(47,20(61,62)63)25(73,74)85-17(32,56)8(42,43)14(29,51)52)79-2(81-3)5(36,37)23(69,70)84-12(48,21(64,65)66)26(75,76)86-18(33,57)9(44,45)15(30,53)54. The fraction of sp³-hybridized carbons (Fsp3) is 0.889. The Morgan fingerprint density at radius 1 is 0.207 bits per heavy atom. The first-order chi connectivity index (χ1) is 36.8. The molecule has 87 heavy (non-hydrogen) atoms. The molecule has 0 amide bonds. The molecular formula is C27Br6F45N3O6. The van der Waals surface area contributed by atoms with E-state index in [9.17, 15) is 145 Å². The van der Waals surface area contributed by atoms with Gasteiger partial charge in [-0.3, -0.25) is 23.7 Å². The van der Waals surface area contributed by atoms with Gasteiger partial charge in [-0.2, -0.15) is 198 Å². The van der Waals surface area contributed by atoms with Gasteiger partial charge in [-0.05, 0) is 95.6 Å². The van der Waals surface area contributed by atoms with Crippen LogP contribution in [0.4, 0.5) is 198 Å². The second-order valence-corrected chi connectivity index (χ2v) is 20.8. The third kappa shape index (κ3) is 14.5. The zero-order valence-electron chi connectivity index (χ0n) is 36.6. The molecule has 1 aromatic heterocycles. The van der Waals surface area contributed by atoms with Crippen LogP contribution in [0.25, 0.3) is 0 Å². The van der Waals surface area contributed by atoms with E-state index in [2.05, 4.69) is 0 Å². The Bertz CT molecular complexity index is 2500. The van der Waals surface area contributed by atoms with E-state index in [-0.39, 0.29) is 47.8 Å². The lowest BCUT2D eigenvalue weighted by molar-refractivity contribution is -0.535. The van der Waals surface area contributed by atoms with Gasteiger partial charge in [0.1, 0.15) is 0 Å². The highest BCUT2D eigenvalue weighted by molar-refractivity contribution is 9.11. The molecule has 0 saturated heterocycles. The van der Waals surface area contributed by atoms with Gasteiger partial charge in [-0.1, -0.05) is 0 Å². The van der Waals surface area contributed by atoms with E-state index in [0.717, 1.165) is 0 Å². The summed E-state index contributed by atoms with van der Waals surface area (Å²) in [5.41, 5.74) is 0. The van der Waals surface area contributed by atoms with Crippen LogP contribution in [0.15, 0.2) is 0 Å². The molecule has 0 aliphatic heterocycles. The minimum Gasteiger partial charge on any atom is -0.280 e. The summed E-state index contributed by atoms with van der Waals surface area (Å²) in [6.07, 6.45) is -79.7.